The minimum atomic E-state index is 0.0202. The molecule has 102 valence electrons. The molecule has 0 saturated heterocycles. The van der Waals surface area contributed by atoms with Crippen LogP contribution in [0.15, 0.2) is 23.4 Å². The van der Waals surface area contributed by atoms with Gasteiger partial charge in [-0.05, 0) is 23.4 Å². The van der Waals surface area contributed by atoms with Gasteiger partial charge in [-0.15, -0.1) is 5.10 Å². The first-order chi connectivity index (χ1) is 9.24. The zero-order valence-corrected chi connectivity index (χ0v) is 11.7. The summed E-state index contributed by atoms with van der Waals surface area (Å²) in [6, 6.07) is 6.07. The molecular weight excluding hydrogens is 264 g/mol. The predicted molar refractivity (Wildman–Crippen MR) is 72.2 cm³/mol. The molecule has 1 aromatic carbocycles. The van der Waals surface area contributed by atoms with Gasteiger partial charge in [0, 0.05) is 11.3 Å². The molecule has 19 heavy (non-hydrogen) atoms. The first kappa shape index (κ1) is 13.8. The molecule has 0 saturated carbocycles. The van der Waals surface area contributed by atoms with Gasteiger partial charge in [-0.3, -0.25) is 0 Å². The third kappa shape index (κ3) is 3.45. The number of aliphatic hydroxyl groups is 1. The lowest BCUT2D eigenvalue weighted by molar-refractivity contribution is 0.262. The third-order valence-electron chi connectivity index (χ3n) is 2.60. The normalized spacial score (nSPS) is 10.7. The van der Waals surface area contributed by atoms with Gasteiger partial charge in [0.1, 0.15) is 5.75 Å². The van der Waals surface area contributed by atoms with Crippen molar-refractivity contribution in [2.75, 3.05) is 13.7 Å². The Morgan fingerprint density at radius 1 is 1.42 bits per heavy atom. The summed E-state index contributed by atoms with van der Waals surface area (Å²) >= 11 is 1.52. The molecule has 0 amide bonds. The zero-order chi connectivity index (χ0) is 13.7. The highest BCUT2D eigenvalue weighted by Gasteiger charge is 2.09. The molecular formula is C12H16N4O2S. The van der Waals surface area contributed by atoms with E-state index in [-0.39, 0.29) is 6.61 Å². The number of thioether (sulfide) groups is 1. The summed E-state index contributed by atoms with van der Waals surface area (Å²) in [6.07, 6.45) is 0. The van der Waals surface area contributed by atoms with Crippen LogP contribution in [-0.2, 0) is 12.3 Å². The molecule has 0 bridgehead atoms. The molecule has 0 aliphatic heterocycles. The van der Waals surface area contributed by atoms with Crippen LogP contribution in [0.4, 0.5) is 0 Å². The van der Waals surface area contributed by atoms with Gasteiger partial charge in [0.2, 0.25) is 5.16 Å². The van der Waals surface area contributed by atoms with Crippen LogP contribution >= 0.6 is 11.8 Å². The number of hydrogen-bond donors (Lipinski definition) is 1. The van der Waals surface area contributed by atoms with Crippen molar-refractivity contribution in [1.29, 1.82) is 0 Å². The SMILES string of the molecule is COc1ccc(C)cc1CSc1nnnn1CCO. The molecule has 0 aliphatic carbocycles. The maximum absolute atomic E-state index is 8.92. The summed E-state index contributed by atoms with van der Waals surface area (Å²) < 4.78 is 6.93. The number of aromatic nitrogens is 4. The first-order valence-corrected chi connectivity index (χ1v) is 6.86. The monoisotopic (exact) mass is 280 g/mol. The molecule has 0 fully saturated rings. The van der Waals surface area contributed by atoms with Crippen molar-refractivity contribution in [3.05, 3.63) is 29.3 Å². The Hall–Kier alpha value is -1.60. The quantitative estimate of drug-likeness (QED) is 0.803. The number of tetrazole rings is 1. The van der Waals surface area contributed by atoms with E-state index in [0.29, 0.717) is 11.7 Å². The van der Waals surface area contributed by atoms with Crippen molar-refractivity contribution in [2.24, 2.45) is 0 Å². The van der Waals surface area contributed by atoms with Gasteiger partial charge < -0.3 is 9.84 Å². The lowest BCUT2D eigenvalue weighted by Crippen LogP contribution is -2.05. The van der Waals surface area contributed by atoms with E-state index in [2.05, 4.69) is 21.6 Å². The Kier molecular flexibility index (Phi) is 4.75. The van der Waals surface area contributed by atoms with E-state index < -0.39 is 0 Å². The zero-order valence-electron chi connectivity index (χ0n) is 10.9. The molecule has 1 heterocycles. The van der Waals surface area contributed by atoms with Crippen LogP contribution < -0.4 is 4.74 Å². The van der Waals surface area contributed by atoms with Crippen molar-refractivity contribution in [2.45, 2.75) is 24.4 Å². The number of rotatable bonds is 6. The number of aliphatic hydroxyl groups excluding tert-OH is 1. The van der Waals surface area contributed by atoms with Gasteiger partial charge in [-0.2, -0.15) is 0 Å². The molecule has 1 N–H and O–H groups in total. The molecule has 2 rings (SSSR count). The number of aryl methyl sites for hydroxylation is 1. The minimum Gasteiger partial charge on any atom is -0.496 e. The van der Waals surface area contributed by atoms with E-state index in [4.69, 9.17) is 9.84 Å². The Morgan fingerprint density at radius 2 is 2.26 bits per heavy atom. The van der Waals surface area contributed by atoms with Crippen LogP contribution in [0.5, 0.6) is 5.75 Å². The van der Waals surface area contributed by atoms with E-state index in [9.17, 15) is 0 Å². The second-order valence-corrected chi connectivity index (χ2v) is 4.95. The van der Waals surface area contributed by atoms with E-state index in [1.165, 1.54) is 17.3 Å². The fourth-order valence-corrected chi connectivity index (χ4v) is 2.58. The average molecular weight is 280 g/mol. The van der Waals surface area contributed by atoms with Gasteiger partial charge in [-0.1, -0.05) is 29.5 Å². The lowest BCUT2D eigenvalue weighted by atomic mass is 10.1. The Bertz CT molecular complexity index is 544. The van der Waals surface area contributed by atoms with Crippen molar-refractivity contribution in [1.82, 2.24) is 20.2 Å². The second kappa shape index (κ2) is 6.53. The van der Waals surface area contributed by atoms with E-state index in [1.54, 1.807) is 11.8 Å². The predicted octanol–water partition coefficient (Wildman–Crippen LogP) is 1.27. The third-order valence-corrected chi connectivity index (χ3v) is 3.61. The van der Waals surface area contributed by atoms with Crippen molar-refractivity contribution in [3.8, 4) is 5.75 Å². The highest BCUT2D eigenvalue weighted by atomic mass is 32.2. The van der Waals surface area contributed by atoms with Crippen molar-refractivity contribution >= 4 is 11.8 Å². The van der Waals surface area contributed by atoms with E-state index >= 15 is 0 Å². The average Bonchev–Trinajstić information content (AvgIpc) is 2.84. The highest BCUT2D eigenvalue weighted by Crippen LogP contribution is 2.27. The summed E-state index contributed by atoms with van der Waals surface area (Å²) in [5, 5.41) is 21.0. The highest BCUT2D eigenvalue weighted by molar-refractivity contribution is 7.98. The van der Waals surface area contributed by atoms with E-state index in [0.717, 1.165) is 17.1 Å². The number of benzene rings is 1. The Morgan fingerprint density at radius 3 is 3.00 bits per heavy atom. The molecule has 7 heteroatoms. The van der Waals surface area contributed by atoms with Crippen LogP contribution in [0.1, 0.15) is 11.1 Å². The van der Waals surface area contributed by atoms with Crippen LogP contribution in [0.2, 0.25) is 0 Å². The number of hydrogen-bond acceptors (Lipinski definition) is 6. The van der Waals surface area contributed by atoms with Crippen LogP contribution in [-0.4, -0.2) is 39.0 Å². The van der Waals surface area contributed by atoms with Crippen LogP contribution in [0, 0.1) is 6.92 Å². The fraction of sp³-hybridized carbons (Fsp3) is 0.417. The molecule has 0 aliphatic rings. The molecule has 0 unspecified atom stereocenters. The first-order valence-electron chi connectivity index (χ1n) is 5.88. The summed E-state index contributed by atoms with van der Waals surface area (Å²) in [7, 11) is 1.66. The summed E-state index contributed by atoms with van der Waals surface area (Å²) in [5.41, 5.74) is 2.29. The minimum absolute atomic E-state index is 0.0202. The van der Waals surface area contributed by atoms with Crippen LogP contribution in [0.25, 0.3) is 0 Å². The number of methoxy groups -OCH3 is 1. The maximum atomic E-state index is 8.92. The maximum Gasteiger partial charge on any atom is 0.209 e. The van der Waals surface area contributed by atoms with Crippen molar-refractivity contribution < 1.29 is 9.84 Å². The lowest BCUT2D eigenvalue weighted by Gasteiger charge is -2.09. The summed E-state index contributed by atoms with van der Waals surface area (Å²) in [6.45, 7) is 2.47. The number of nitrogens with zero attached hydrogens (tertiary/aromatic N) is 4. The van der Waals surface area contributed by atoms with Gasteiger partial charge in [0.25, 0.3) is 0 Å². The molecule has 0 radical (unpaired) electrons. The fourth-order valence-electron chi connectivity index (χ4n) is 1.70. The van der Waals surface area contributed by atoms with Gasteiger partial charge >= 0.3 is 0 Å². The van der Waals surface area contributed by atoms with Gasteiger partial charge in [0.05, 0.1) is 20.3 Å². The largest absolute Gasteiger partial charge is 0.496 e. The molecule has 6 nitrogen and oxygen atoms in total. The van der Waals surface area contributed by atoms with Crippen LogP contribution in [0.3, 0.4) is 0 Å². The van der Waals surface area contributed by atoms with E-state index in [1.807, 2.05) is 19.1 Å². The number of ether oxygens (including phenoxy) is 1. The molecule has 0 spiro atoms. The molecule has 1 aromatic heterocycles. The topological polar surface area (TPSA) is 73.1 Å². The van der Waals surface area contributed by atoms with Gasteiger partial charge in [-0.25, -0.2) is 4.68 Å². The standard InChI is InChI=1S/C12H16N4O2S/c1-9-3-4-11(18-2)10(7-9)8-19-12-13-14-15-16(12)5-6-17/h3-4,7,17H,5-6,8H2,1-2H3. The van der Waals surface area contributed by atoms with Crippen molar-refractivity contribution in [3.63, 3.8) is 0 Å². The molecule has 0 atom stereocenters. The summed E-state index contributed by atoms with van der Waals surface area (Å²) in [5.74, 6) is 1.58. The Labute approximate surface area is 115 Å². The summed E-state index contributed by atoms with van der Waals surface area (Å²) in [4.78, 5) is 0. The molecule has 2 aromatic rings. The second-order valence-electron chi connectivity index (χ2n) is 4.01. The van der Waals surface area contributed by atoms with Gasteiger partial charge in [0.15, 0.2) is 0 Å². The smallest absolute Gasteiger partial charge is 0.209 e. The Balaban J connectivity index is 2.09.